The Kier molecular flexibility index (Phi) is 7.22. The summed E-state index contributed by atoms with van der Waals surface area (Å²) in [7, 11) is -2.89. The summed E-state index contributed by atoms with van der Waals surface area (Å²) >= 11 is 0. The Labute approximate surface area is 204 Å². The fraction of sp³-hybridized carbons (Fsp3) is 0.360. The minimum atomic E-state index is -2.89. The highest BCUT2D eigenvalue weighted by molar-refractivity contribution is 6.99. The van der Waals surface area contributed by atoms with Gasteiger partial charge in [0, 0.05) is 12.3 Å². The van der Waals surface area contributed by atoms with Gasteiger partial charge in [0.25, 0.3) is 13.9 Å². The third kappa shape index (κ3) is 4.68. The van der Waals surface area contributed by atoms with Crippen LogP contribution in [0, 0.1) is 0 Å². The van der Waals surface area contributed by atoms with Gasteiger partial charge in [-0.25, -0.2) is 4.79 Å². The lowest BCUT2D eigenvalue weighted by atomic mass is 10.1. The number of aromatic amines is 1. The van der Waals surface area contributed by atoms with Gasteiger partial charge in [-0.2, -0.15) is 5.48 Å². The molecule has 9 nitrogen and oxygen atoms in total. The zero-order chi connectivity index (χ0) is 25.2. The summed E-state index contributed by atoms with van der Waals surface area (Å²) in [4.78, 5) is 26.0. The minimum absolute atomic E-state index is 0.0290. The average molecular weight is 498 g/mol. The molecule has 10 heteroatoms. The molecule has 4 N–H and O–H groups in total. The first-order chi connectivity index (χ1) is 16.7. The molecule has 4 rings (SSSR count). The number of hydrogen-bond donors (Lipinski definition) is 4. The quantitative estimate of drug-likeness (QED) is 0.280. The lowest BCUT2D eigenvalue weighted by Gasteiger charge is -2.43. The Hall–Kier alpha value is -2.86. The molecule has 0 saturated carbocycles. The number of H-pyrrole nitrogens is 1. The molecule has 3 aromatic rings. The standard InChI is InChI=1S/C25H31N3O6Si/c1-25(2,3)35(17-10-6-4-7-11-17,18-12-8-5-9-13-18)33-16-19-22(30)21(27-32)23(34-19)28-15-14-20(29)26-24(28)31/h4-15,19,21-23,27,30,32H,16H2,1-3H3,(H,26,29,31)/t19-,21-,22-,23-/m1/s1. The second kappa shape index (κ2) is 10.0. The van der Waals surface area contributed by atoms with Gasteiger partial charge in [0.15, 0.2) is 6.23 Å². The number of aromatic nitrogens is 2. The summed E-state index contributed by atoms with van der Waals surface area (Å²) < 4.78 is 14.0. The van der Waals surface area contributed by atoms with Gasteiger partial charge in [-0.15, -0.1) is 0 Å². The number of aliphatic hydroxyl groups is 1. The smallest absolute Gasteiger partial charge is 0.330 e. The maximum absolute atomic E-state index is 12.3. The maximum Gasteiger partial charge on any atom is 0.330 e. The van der Waals surface area contributed by atoms with E-state index in [0.29, 0.717) is 0 Å². The number of ether oxygens (including phenoxy) is 1. The molecule has 35 heavy (non-hydrogen) atoms. The first-order valence-corrected chi connectivity index (χ1v) is 13.4. The normalized spacial score (nSPS) is 22.9. The van der Waals surface area contributed by atoms with Gasteiger partial charge in [0.05, 0.1) is 6.61 Å². The van der Waals surface area contributed by atoms with E-state index in [9.17, 15) is 19.9 Å². The molecule has 0 aliphatic carbocycles. The predicted octanol–water partition coefficient (Wildman–Crippen LogP) is 0.719. The molecule has 0 bridgehead atoms. The van der Waals surface area contributed by atoms with Crippen molar-refractivity contribution in [3.63, 3.8) is 0 Å². The second-order valence-corrected chi connectivity index (χ2v) is 14.0. The van der Waals surface area contributed by atoms with Crippen molar-refractivity contribution in [2.75, 3.05) is 6.61 Å². The molecular formula is C25H31N3O6Si. The molecule has 2 aromatic carbocycles. The molecule has 1 aliphatic heterocycles. The fourth-order valence-electron chi connectivity index (χ4n) is 4.86. The summed E-state index contributed by atoms with van der Waals surface area (Å²) in [5.41, 5.74) is 0.798. The van der Waals surface area contributed by atoms with Crippen LogP contribution in [-0.4, -0.2) is 53.0 Å². The zero-order valence-electron chi connectivity index (χ0n) is 19.9. The Morgan fingerprint density at radius 3 is 2.09 bits per heavy atom. The van der Waals surface area contributed by atoms with E-state index in [1.165, 1.54) is 12.3 Å². The summed E-state index contributed by atoms with van der Waals surface area (Å²) in [6.45, 7) is 6.46. The summed E-state index contributed by atoms with van der Waals surface area (Å²) in [6, 6.07) is 20.3. The van der Waals surface area contributed by atoms with Gasteiger partial charge in [0.1, 0.15) is 18.2 Å². The molecule has 1 saturated heterocycles. The highest BCUT2D eigenvalue weighted by Gasteiger charge is 2.52. The third-order valence-electron chi connectivity index (χ3n) is 6.53. The monoisotopic (exact) mass is 497 g/mol. The van der Waals surface area contributed by atoms with E-state index in [1.54, 1.807) is 0 Å². The van der Waals surface area contributed by atoms with Crippen LogP contribution in [0.3, 0.4) is 0 Å². The van der Waals surface area contributed by atoms with Crippen molar-refractivity contribution in [2.24, 2.45) is 0 Å². The van der Waals surface area contributed by atoms with Crippen LogP contribution in [-0.2, 0) is 9.16 Å². The number of benzene rings is 2. The molecule has 0 radical (unpaired) electrons. The molecule has 0 spiro atoms. The van der Waals surface area contributed by atoms with E-state index >= 15 is 0 Å². The molecule has 1 fully saturated rings. The number of hydroxylamine groups is 1. The molecular weight excluding hydrogens is 466 g/mol. The SMILES string of the molecule is CC(C)(C)[Si](OC[C@H]1O[C@@H](n2ccc(=O)[nH]c2=O)[C@H](NO)[C@@H]1O)(c1ccccc1)c1ccccc1. The largest absolute Gasteiger partial charge is 0.405 e. The van der Waals surface area contributed by atoms with E-state index in [1.807, 2.05) is 36.4 Å². The van der Waals surface area contributed by atoms with Gasteiger partial charge in [-0.05, 0) is 15.4 Å². The van der Waals surface area contributed by atoms with E-state index < -0.39 is 44.0 Å². The van der Waals surface area contributed by atoms with Crippen LogP contribution in [0.4, 0.5) is 0 Å². The van der Waals surface area contributed by atoms with Crippen LogP contribution in [0.2, 0.25) is 5.04 Å². The molecule has 1 aliphatic rings. The first-order valence-electron chi connectivity index (χ1n) is 11.5. The number of nitrogens with one attached hydrogen (secondary N) is 2. The molecule has 4 atom stereocenters. The van der Waals surface area contributed by atoms with Crippen LogP contribution in [0.5, 0.6) is 0 Å². The number of nitrogens with zero attached hydrogens (tertiary/aromatic N) is 1. The molecule has 2 heterocycles. The molecule has 186 valence electrons. The van der Waals surface area contributed by atoms with Crippen LogP contribution in [0.25, 0.3) is 0 Å². The van der Waals surface area contributed by atoms with E-state index in [2.05, 4.69) is 55.5 Å². The van der Waals surface area contributed by atoms with Crippen molar-refractivity contribution in [1.82, 2.24) is 15.0 Å². The van der Waals surface area contributed by atoms with E-state index in [0.717, 1.165) is 14.9 Å². The first kappa shape index (κ1) is 25.2. The van der Waals surface area contributed by atoms with Crippen LogP contribution in [0.15, 0.2) is 82.5 Å². The molecule has 1 aromatic heterocycles. The highest BCUT2D eigenvalue weighted by Crippen LogP contribution is 2.38. The van der Waals surface area contributed by atoms with E-state index in [4.69, 9.17) is 9.16 Å². The Morgan fingerprint density at radius 2 is 1.60 bits per heavy atom. The summed E-state index contributed by atoms with van der Waals surface area (Å²) in [6.07, 6.45) is -1.80. The van der Waals surface area contributed by atoms with Gasteiger partial charge < -0.3 is 19.5 Å². The summed E-state index contributed by atoms with van der Waals surface area (Å²) in [5, 5.41) is 22.6. The van der Waals surface area contributed by atoms with Gasteiger partial charge in [-0.3, -0.25) is 14.3 Å². The Bertz CT molecular complexity index is 1200. The third-order valence-corrected chi connectivity index (χ3v) is 11.5. The van der Waals surface area contributed by atoms with Crippen LogP contribution in [0.1, 0.15) is 27.0 Å². The van der Waals surface area contributed by atoms with Crippen molar-refractivity contribution < 1.29 is 19.5 Å². The van der Waals surface area contributed by atoms with Crippen LogP contribution >= 0.6 is 0 Å². The van der Waals surface area contributed by atoms with Crippen molar-refractivity contribution in [3.8, 4) is 0 Å². The predicted molar refractivity (Wildman–Crippen MR) is 134 cm³/mol. The highest BCUT2D eigenvalue weighted by atomic mass is 28.4. The Balaban J connectivity index is 1.70. The number of rotatable bonds is 7. The van der Waals surface area contributed by atoms with E-state index in [-0.39, 0.29) is 11.6 Å². The van der Waals surface area contributed by atoms with Crippen molar-refractivity contribution in [3.05, 3.63) is 93.8 Å². The minimum Gasteiger partial charge on any atom is -0.405 e. The Morgan fingerprint density at radius 1 is 1.03 bits per heavy atom. The number of aliphatic hydroxyl groups excluding tert-OH is 1. The van der Waals surface area contributed by atoms with Crippen molar-refractivity contribution in [1.29, 1.82) is 0 Å². The molecule has 0 unspecified atom stereocenters. The lowest BCUT2D eigenvalue weighted by Crippen LogP contribution is -2.67. The van der Waals surface area contributed by atoms with Gasteiger partial charge in [0.2, 0.25) is 0 Å². The maximum atomic E-state index is 12.3. The van der Waals surface area contributed by atoms with Gasteiger partial charge in [-0.1, -0.05) is 81.4 Å². The van der Waals surface area contributed by atoms with Crippen molar-refractivity contribution in [2.45, 2.75) is 50.3 Å². The topological polar surface area (TPSA) is 126 Å². The molecule has 0 amide bonds. The van der Waals surface area contributed by atoms with Crippen LogP contribution < -0.4 is 27.1 Å². The van der Waals surface area contributed by atoms with Crippen molar-refractivity contribution >= 4 is 18.7 Å². The zero-order valence-corrected chi connectivity index (χ0v) is 20.9. The van der Waals surface area contributed by atoms with Gasteiger partial charge >= 0.3 is 5.69 Å². The number of hydrogen-bond acceptors (Lipinski definition) is 7. The fourth-order valence-corrected chi connectivity index (χ4v) is 9.43. The average Bonchev–Trinajstić information content (AvgIpc) is 3.15. The lowest BCUT2D eigenvalue weighted by molar-refractivity contribution is -0.0470. The second-order valence-electron chi connectivity index (χ2n) is 9.70. The summed E-state index contributed by atoms with van der Waals surface area (Å²) in [5.74, 6) is 0.